The number of aliphatic imine (C=N–C) groups is 1. The minimum absolute atomic E-state index is 0.0747. The molecular weight excluding hydrogens is 268 g/mol. The summed E-state index contributed by atoms with van der Waals surface area (Å²) in [7, 11) is 3.49. The van der Waals surface area contributed by atoms with Gasteiger partial charge in [-0.1, -0.05) is 13.8 Å². The molecule has 2 fully saturated rings. The average molecular weight is 296 g/mol. The molecule has 0 bridgehead atoms. The van der Waals surface area contributed by atoms with Gasteiger partial charge in [0, 0.05) is 38.7 Å². The van der Waals surface area contributed by atoms with Gasteiger partial charge in [-0.25, -0.2) is 0 Å². The standard InChI is InChI=1S/C15H28N4O2/c1-15(2)11(9-12(15)21-4)18-14(16-3)17-10-13(20)19-7-5-6-8-19/h11-12H,5-10H2,1-4H3,(H2,16,17,18). The molecule has 21 heavy (non-hydrogen) atoms. The highest BCUT2D eigenvalue weighted by Crippen LogP contribution is 2.42. The van der Waals surface area contributed by atoms with Crippen molar-refractivity contribution in [2.45, 2.75) is 45.3 Å². The Morgan fingerprint density at radius 3 is 2.57 bits per heavy atom. The van der Waals surface area contributed by atoms with Gasteiger partial charge in [0.15, 0.2) is 5.96 Å². The second-order valence-electron chi connectivity index (χ2n) is 6.49. The Morgan fingerprint density at radius 2 is 2.05 bits per heavy atom. The maximum atomic E-state index is 12.0. The van der Waals surface area contributed by atoms with Crippen LogP contribution in [0.15, 0.2) is 4.99 Å². The number of amides is 1. The van der Waals surface area contributed by atoms with E-state index < -0.39 is 0 Å². The molecule has 6 heteroatoms. The molecule has 0 spiro atoms. The molecule has 1 saturated carbocycles. The molecule has 0 aromatic heterocycles. The largest absolute Gasteiger partial charge is 0.381 e. The topological polar surface area (TPSA) is 66.0 Å². The van der Waals surface area contributed by atoms with Gasteiger partial charge in [0.25, 0.3) is 0 Å². The fraction of sp³-hybridized carbons (Fsp3) is 0.867. The van der Waals surface area contributed by atoms with Gasteiger partial charge in [0.2, 0.25) is 5.91 Å². The van der Waals surface area contributed by atoms with Crippen LogP contribution in [0, 0.1) is 5.41 Å². The van der Waals surface area contributed by atoms with Crippen LogP contribution >= 0.6 is 0 Å². The first-order valence-corrected chi connectivity index (χ1v) is 7.76. The first-order chi connectivity index (χ1) is 9.98. The number of ether oxygens (including phenoxy) is 1. The van der Waals surface area contributed by atoms with E-state index >= 15 is 0 Å². The zero-order chi connectivity index (χ0) is 15.5. The molecule has 0 radical (unpaired) electrons. The number of methoxy groups -OCH3 is 1. The fourth-order valence-corrected chi connectivity index (χ4v) is 3.13. The Kier molecular flexibility index (Phi) is 5.08. The predicted molar refractivity (Wildman–Crippen MR) is 83.3 cm³/mol. The number of carbonyl (C=O) groups excluding carboxylic acids is 1. The molecule has 2 unspecified atom stereocenters. The normalized spacial score (nSPS) is 28.2. The number of carbonyl (C=O) groups is 1. The van der Waals surface area contributed by atoms with Gasteiger partial charge in [0.05, 0.1) is 12.6 Å². The van der Waals surface area contributed by atoms with Crippen molar-refractivity contribution in [2.24, 2.45) is 10.4 Å². The third-order valence-electron chi connectivity index (χ3n) is 4.86. The Bertz CT molecular complexity index is 402. The first-order valence-electron chi connectivity index (χ1n) is 7.76. The molecule has 6 nitrogen and oxygen atoms in total. The van der Waals surface area contributed by atoms with E-state index in [1.165, 1.54) is 0 Å². The Labute approximate surface area is 127 Å². The quantitative estimate of drug-likeness (QED) is 0.588. The molecule has 1 heterocycles. The van der Waals surface area contributed by atoms with Crippen molar-refractivity contribution < 1.29 is 9.53 Å². The van der Waals surface area contributed by atoms with E-state index in [1.807, 2.05) is 4.90 Å². The van der Waals surface area contributed by atoms with E-state index in [-0.39, 0.29) is 17.4 Å². The summed E-state index contributed by atoms with van der Waals surface area (Å²) in [5.74, 6) is 0.841. The number of likely N-dealkylation sites (tertiary alicyclic amines) is 1. The second kappa shape index (κ2) is 6.64. The molecule has 2 N–H and O–H groups in total. The van der Waals surface area contributed by atoms with Crippen molar-refractivity contribution >= 4 is 11.9 Å². The van der Waals surface area contributed by atoms with Crippen LogP contribution in [-0.2, 0) is 9.53 Å². The van der Waals surface area contributed by atoms with E-state index in [0.29, 0.717) is 18.5 Å². The van der Waals surface area contributed by atoms with Crippen LogP contribution in [0.4, 0.5) is 0 Å². The highest BCUT2D eigenvalue weighted by Gasteiger charge is 2.48. The fourth-order valence-electron chi connectivity index (χ4n) is 3.13. The van der Waals surface area contributed by atoms with Gasteiger partial charge in [0.1, 0.15) is 0 Å². The summed E-state index contributed by atoms with van der Waals surface area (Å²) in [4.78, 5) is 18.1. The number of guanidine groups is 1. The molecule has 2 atom stereocenters. The van der Waals surface area contributed by atoms with Crippen LogP contribution in [0.1, 0.15) is 33.1 Å². The SMILES string of the molecule is CN=C(NCC(=O)N1CCCC1)NC1CC(OC)C1(C)C. The molecule has 2 rings (SSSR count). The van der Waals surface area contributed by atoms with Crippen LogP contribution in [0.2, 0.25) is 0 Å². The molecule has 1 aliphatic carbocycles. The van der Waals surface area contributed by atoms with E-state index in [9.17, 15) is 4.79 Å². The minimum atomic E-state index is 0.0747. The Balaban J connectivity index is 1.78. The zero-order valence-electron chi connectivity index (χ0n) is 13.6. The van der Waals surface area contributed by atoms with E-state index in [2.05, 4.69) is 29.5 Å². The highest BCUT2D eigenvalue weighted by molar-refractivity contribution is 5.86. The number of nitrogens with zero attached hydrogens (tertiary/aromatic N) is 2. The van der Waals surface area contributed by atoms with E-state index in [1.54, 1.807) is 14.2 Å². The van der Waals surface area contributed by atoms with Crippen LogP contribution in [0.25, 0.3) is 0 Å². The molecule has 0 aromatic rings. The molecule has 1 saturated heterocycles. The van der Waals surface area contributed by atoms with E-state index in [4.69, 9.17) is 4.74 Å². The third-order valence-corrected chi connectivity index (χ3v) is 4.86. The van der Waals surface area contributed by atoms with Gasteiger partial charge < -0.3 is 20.3 Å². The van der Waals surface area contributed by atoms with Crippen molar-refractivity contribution in [1.82, 2.24) is 15.5 Å². The van der Waals surface area contributed by atoms with Crippen LogP contribution < -0.4 is 10.6 Å². The summed E-state index contributed by atoms with van der Waals surface area (Å²) >= 11 is 0. The summed E-state index contributed by atoms with van der Waals surface area (Å²) in [5, 5.41) is 6.51. The van der Waals surface area contributed by atoms with Gasteiger partial charge >= 0.3 is 0 Å². The van der Waals surface area contributed by atoms with Crippen molar-refractivity contribution in [3.05, 3.63) is 0 Å². The first kappa shape index (κ1) is 16.1. The van der Waals surface area contributed by atoms with Crippen LogP contribution in [-0.4, -0.2) is 62.7 Å². The van der Waals surface area contributed by atoms with Crippen molar-refractivity contribution in [3.63, 3.8) is 0 Å². The predicted octanol–water partition coefficient (Wildman–Crippen LogP) is 0.587. The lowest BCUT2D eigenvalue weighted by Gasteiger charge is -2.51. The van der Waals surface area contributed by atoms with E-state index in [0.717, 1.165) is 32.4 Å². The smallest absolute Gasteiger partial charge is 0.241 e. The lowest BCUT2D eigenvalue weighted by Crippen LogP contribution is -2.63. The Hall–Kier alpha value is -1.30. The minimum Gasteiger partial charge on any atom is -0.381 e. The van der Waals surface area contributed by atoms with Gasteiger partial charge in [-0.15, -0.1) is 0 Å². The highest BCUT2D eigenvalue weighted by atomic mass is 16.5. The molecule has 1 amide bonds. The van der Waals surface area contributed by atoms with Gasteiger partial charge in [-0.3, -0.25) is 9.79 Å². The maximum absolute atomic E-state index is 12.0. The number of rotatable bonds is 4. The zero-order valence-corrected chi connectivity index (χ0v) is 13.6. The second-order valence-corrected chi connectivity index (χ2v) is 6.49. The number of nitrogens with one attached hydrogen (secondary N) is 2. The number of hydrogen-bond acceptors (Lipinski definition) is 3. The summed E-state index contributed by atoms with van der Waals surface area (Å²) < 4.78 is 5.45. The lowest BCUT2D eigenvalue weighted by molar-refractivity contribution is -0.128. The third kappa shape index (κ3) is 3.48. The summed E-state index contributed by atoms with van der Waals surface area (Å²) in [6.07, 6.45) is 3.48. The van der Waals surface area contributed by atoms with Gasteiger partial charge in [-0.05, 0) is 19.3 Å². The van der Waals surface area contributed by atoms with Crippen LogP contribution in [0.3, 0.4) is 0 Å². The maximum Gasteiger partial charge on any atom is 0.241 e. The summed E-state index contributed by atoms with van der Waals surface area (Å²) in [6, 6.07) is 0.315. The molecule has 1 aliphatic heterocycles. The monoisotopic (exact) mass is 296 g/mol. The van der Waals surface area contributed by atoms with Crippen molar-refractivity contribution in [1.29, 1.82) is 0 Å². The average Bonchev–Trinajstić information content (AvgIpc) is 2.99. The Morgan fingerprint density at radius 1 is 1.38 bits per heavy atom. The van der Waals surface area contributed by atoms with Crippen molar-refractivity contribution in [2.75, 3.05) is 33.8 Å². The molecule has 0 aromatic carbocycles. The van der Waals surface area contributed by atoms with Gasteiger partial charge in [-0.2, -0.15) is 0 Å². The molecular formula is C15H28N4O2. The lowest BCUT2D eigenvalue weighted by atomic mass is 9.64. The molecule has 120 valence electrons. The molecule has 2 aliphatic rings. The number of hydrogen-bond donors (Lipinski definition) is 2. The van der Waals surface area contributed by atoms with Crippen molar-refractivity contribution in [3.8, 4) is 0 Å². The summed E-state index contributed by atoms with van der Waals surface area (Å²) in [6.45, 7) is 6.45. The summed E-state index contributed by atoms with van der Waals surface area (Å²) in [5.41, 5.74) is 0.0747. The van der Waals surface area contributed by atoms with Crippen LogP contribution in [0.5, 0.6) is 0 Å².